The Morgan fingerprint density at radius 3 is 2.56 bits per heavy atom. The molecule has 6 nitrogen and oxygen atoms in total. The number of carbonyl (C=O) groups excluding carboxylic acids is 1. The van der Waals surface area contributed by atoms with Crippen molar-refractivity contribution in [2.75, 3.05) is 44.2 Å². The molecule has 0 spiro atoms. The highest BCUT2D eigenvalue weighted by atomic mass is 16.1. The Balaban J connectivity index is 1.22. The van der Waals surface area contributed by atoms with Gasteiger partial charge in [0.25, 0.3) is 0 Å². The smallest absolute Gasteiger partial charge is 0.230 e. The third-order valence-corrected chi connectivity index (χ3v) is 6.28. The fourth-order valence-corrected chi connectivity index (χ4v) is 4.31. The molecule has 1 unspecified atom stereocenters. The van der Waals surface area contributed by atoms with E-state index < -0.39 is 0 Å². The van der Waals surface area contributed by atoms with Crippen LogP contribution in [0, 0.1) is 13.8 Å². The Kier molecular flexibility index (Phi) is 6.90. The number of aryl methyl sites for hydroxylation is 2. The molecule has 0 saturated carbocycles. The first kappa shape index (κ1) is 22.1. The van der Waals surface area contributed by atoms with E-state index >= 15 is 0 Å². The topological polar surface area (TPSA) is 64.3 Å². The molecule has 1 amide bonds. The first-order valence-corrected chi connectivity index (χ1v) is 11.4. The average Bonchev–Trinajstić information content (AvgIpc) is 3.30. The number of hydrogen-bond donors (Lipinski definition) is 2. The summed E-state index contributed by atoms with van der Waals surface area (Å²) in [4.78, 5) is 25.2. The van der Waals surface area contributed by atoms with E-state index in [1.807, 2.05) is 37.3 Å². The zero-order valence-electron chi connectivity index (χ0n) is 19.3. The van der Waals surface area contributed by atoms with Gasteiger partial charge in [-0.1, -0.05) is 48.0 Å². The van der Waals surface area contributed by atoms with Gasteiger partial charge in [-0.15, -0.1) is 0 Å². The maximum absolute atomic E-state index is 12.6. The summed E-state index contributed by atoms with van der Waals surface area (Å²) in [6, 6.07) is 16.7. The van der Waals surface area contributed by atoms with Crippen LogP contribution in [0.15, 0.2) is 54.7 Å². The maximum atomic E-state index is 12.6. The largest absolute Gasteiger partial charge is 0.369 e. The molecule has 2 N–H and O–H groups in total. The fourth-order valence-electron chi connectivity index (χ4n) is 4.31. The standard InChI is InChI=1S/C26H33N5O/c1-19-9-10-24(20(2)17-19)31-15-13-30(14-16-31)12-11-27-26(32)21(3)25-28-18-23(29-25)22-7-5-4-6-8-22/h4-10,17-18,21H,11-16H2,1-3H3,(H,27,32)(H,28,29). The zero-order valence-corrected chi connectivity index (χ0v) is 19.3. The van der Waals surface area contributed by atoms with Crippen molar-refractivity contribution in [1.82, 2.24) is 20.2 Å². The van der Waals surface area contributed by atoms with Gasteiger partial charge in [-0.25, -0.2) is 4.98 Å². The molecular formula is C26H33N5O. The number of hydrogen-bond acceptors (Lipinski definition) is 4. The highest BCUT2D eigenvalue weighted by Gasteiger charge is 2.21. The van der Waals surface area contributed by atoms with Crippen LogP contribution in [-0.4, -0.2) is 60.0 Å². The van der Waals surface area contributed by atoms with Gasteiger partial charge in [0.05, 0.1) is 17.8 Å². The molecule has 1 aliphatic rings. The summed E-state index contributed by atoms with van der Waals surface area (Å²) in [5.41, 5.74) is 5.99. The van der Waals surface area contributed by atoms with E-state index in [0.717, 1.165) is 44.0 Å². The molecule has 1 aliphatic heterocycles. The lowest BCUT2D eigenvalue weighted by molar-refractivity contribution is -0.122. The van der Waals surface area contributed by atoms with Crippen LogP contribution in [0.3, 0.4) is 0 Å². The summed E-state index contributed by atoms with van der Waals surface area (Å²) < 4.78 is 0. The third kappa shape index (κ3) is 5.19. The Morgan fingerprint density at radius 2 is 1.84 bits per heavy atom. The summed E-state index contributed by atoms with van der Waals surface area (Å²) in [6.45, 7) is 11.8. The summed E-state index contributed by atoms with van der Waals surface area (Å²) in [6.07, 6.45) is 1.80. The number of nitrogens with one attached hydrogen (secondary N) is 2. The minimum atomic E-state index is -0.311. The van der Waals surface area contributed by atoms with Crippen LogP contribution in [0.1, 0.15) is 29.8 Å². The van der Waals surface area contributed by atoms with E-state index in [1.165, 1.54) is 16.8 Å². The monoisotopic (exact) mass is 431 g/mol. The van der Waals surface area contributed by atoms with E-state index in [9.17, 15) is 4.79 Å². The number of nitrogens with zero attached hydrogens (tertiary/aromatic N) is 3. The van der Waals surface area contributed by atoms with E-state index in [-0.39, 0.29) is 11.8 Å². The van der Waals surface area contributed by atoms with Crippen LogP contribution in [0.4, 0.5) is 5.69 Å². The van der Waals surface area contributed by atoms with Crippen molar-refractivity contribution in [3.63, 3.8) is 0 Å². The van der Waals surface area contributed by atoms with Gasteiger partial charge in [0, 0.05) is 45.0 Å². The van der Waals surface area contributed by atoms with Gasteiger partial charge in [-0.3, -0.25) is 9.69 Å². The molecular weight excluding hydrogens is 398 g/mol. The van der Waals surface area contributed by atoms with E-state index in [0.29, 0.717) is 12.4 Å². The fraction of sp³-hybridized carbons (Fsp3) is 0.385. The summed E-state index contributed by atoms with van der Waals surface area (Å²) in [5.74, 6) is 0.394. The quantitative estimate of drug-likeness (QED) is 0.598. The maximum Gasteiger partial charge on any atom is 0.230 e. The number of H-pyrrole nitrogens is 1. The van der Waals surface area contributed by atoms with Gasteiger partial charge in [0.15, 0.2) is 0 Å². The Labute approximate surface area is 190 Å². The van der Waals surface area contributed by atoms with Crippen LogP contribution in [0.2, 0.25) is 0 Å². The molecule has 4 rings (SSSR count). The van der Waals surface area contributed by atoms with Crippen LogP contribution >= 0.6 is 0 Å². The highest BCUT2D eigenvalue weighted by Crippen LogP contribution is 2.22. The number of imidazole rings is 1. The Morgan fingerprint density at radius 1 is 1.09 bits per heavy atom. The number of aromatic nitrogens is 2. The zero-order chi connectivity index (χ0) is 22.5. The van der Waals surface area contributed by atoms with Gasteiger partial charge in [0.2, 0.25) is 5.91 Å². The normalized spacial score (nSPS) is 15.5. The molecule has 1 fully saturated rings. The van der Waals surface area contributed by atoms with Gasteiger partial charge in [-0.05, 0) is 38.0 Å². The van der Waals surface area contributed by atoms with Crippen molar-refractivity contribution < 1.29 is 4.79 Å². The number of anilines is 1. The van der Waals surface area contributed by atoms with Crippen LogP contribution in [0.5, 0.6) is 0 Å². The predicted octanol–water partition coefficient (Wildman–Crippen LogP) is 3.74. The Hall–Kier alpha value is -3.12. The molecule has 1 saturated heterocycles. The number of aromatic amines is 1. The van der Waals surface area contributed by atoms with Crippen molar-refractivity contribution in [2.45, 2.75) is 26.7 Å². The van der Waals surface area contributed by atoms with Crippen LogP contribution < -0.4 is 10.2 Å². The average molecular weight is 432 g/mol. The molecule has 0 aliphatic carbocycles. The number of rotatable bonds is 7. The van der Waals surface area contributed by atoms with Gasteiger partial charge in [0.1, 0.15) is 5.82 Å². The van der Waals surface area contributed by atoms with Gasteiger partial charge >= 0.3 is 0 Å². The van der Waals surface area contributed by atoms with Crippen molar-refractivity contribution in [3.8, 4) is 11.3 Å². The summed E-state index contributed by atoms with van der Waals surface area (Å²) >= 11 is 0. The first-order chi connectivity index (χ1) is 15.5. The van der Waals surface area contributed by atoms with Crippen molar-refractivity contribution >= 4 is 11.6 Å². The van der Waals surface area contributed by atoms with Crippen molar-refractivity contribution in [1.29, 1.82) is 0 Å². The van der Waals surface area contributed by atoms with Gasteiger partial charge < -0.3 is 15.2 Å². The number of amides is 1. The summed E-state index contributed by atoms with van der Waals surface area (Å²) in [5, 5.41) is 3.08. The number of carbonyl (C=O) groups is 1. The minimum Gasteiger partial charge on any atom is -0.369 e. The van der Waals surface area contributed by atoms with E-state index in [2.05, 4.69) is 57.1 Å². The molecule has 2 heterocycles. The van der Waals surface area contributed by atoms with Crippen LogP contribution in [-0.2, 0) is 4.79 Å². The molecule has 0 bridgehead atoms. The third-order valence-electron chi connectivity index (χ3n) is 6.28. The molecule has 32 heavy (non-hydrogen) atoms. The second-order valence-electron chi connectivity index (χ2n) is 8.68. The molecule has 6 heteroatoms. The Bertz CT molecular complexity index is 1040. The van der Waals surface area contributed by atoms with E-state index in [4.69, 9.17) is 0 Å². The lowest BCUT2D eigenvalue weighted by Crippen LogP contribution is -2.48. The molecule has 0 radical (unpaired) electrons. The lowest BCUT2D eigenvalue weighted by Gasteiger charge is -2.37. The molecule has 1 atom stereocenters. The summed E-state index contributed by atoms with van der Waals surface area (Å²) in [7, 11) is 0. The van der Waals surface area contributed by atoms with Crippen molar-refractivity contribution in [2.24, 2.45) is 0 Å². The molecule has 3 aromatic rings. The van der Waals surface area contributed by atoms with Crippen molar-refractivity contribution in [3.05, 3.63) is 71.7 Å². The predicted molar refractivity (Wildman–Crippen MR) is 130 cm³/mol. The minimum absolute atomic E-state index is 0.00729. The van der Waals surface area contributed by atoms with Crippen LogP contribution in [0.25, 0.3) is 11.3 Å². The number of benzene rings is 2. The van der Waals surface area contributed by atoms with Gasteiger partial charge in [-0.2, -0.15) is 0 Å². The molecule has 1 aromatic heterocycles. The van der Waals surface area contributed by atoms with E-state index in [1.54, 1.807) is 6.20 Å². The highest BCUT2D eigenvalue weighted by molar-refractivity contribution is 5.82. The number of piperazine rings is 1. The second-order valence-corrected chi connectivity index (χ2v) is 8.68. The SMILES string of the molecule is Cc1ccc(N2CCN(CCNC(=O)C(C)c3ncc(-c4ccccc4)[nH]3)CC2)c(C)c1. The lowest BCUT2D eigenvalue weighted by atomic mass is 10.1. The molecule has 168 valence electrons. The second kappa shape index (κ2) is 10.0. The first-order valence-electron chi connectivity index (χ1n) is 11.4. The molecule has 2 aromatic carbocycles.